The summed E-state index contributed by atoms with van der Waals surface area (Å²) < 4.78 is 0. The van der Waals surface area contributed by atoms with Crippen LogP contribution in [0.3, 0.4) is 0 Å². The Morgan fingerprint density at radius 2 is 1.90 bits per heavy atom. The second-order valence-electron chi connectivity index (χ2n) is 5.53. The number of rotatable bonds is 3. The second-order valence-corrected chi connectivity index (χ2v) is 5.53. The Kier molecular flexibility index (Phi) is 5.00. The molecule has 0 aromatic carbocycles. The summed E-state index contributed by atoms with van der Waals surface area (Å²) in [5.74, 6) is -1.20. The minimum Gasteiger partial charge on any atom is -0.480 e. The maximum atomic E-state index is 12.1. The van der Waals surface area contributed by atoms with Crippen LogP contribution in [0, 0.1) is 5.92 Å². The minimum atomic E-state index is -0.997. The van der Waals surface area contributed by atoms with Gasteiger partial charge in [0.2, 0.25) is 5.91 Å². The van der Waals surface area contributed by atoms with Gasteiger partial charge in [0.15, 0.2) is 0 Å². The monoisotopic (exact) mass is 298 g/mol. The lowest BCUT2D eigenvalue weighted by Gasteiger charge is -2.28. The zero-order valence-electron chi connectivity index (χ0n) is 12.2. The number of piperazine rings is 1. The highest BCUT2D eigenvalue weighted by Gasteiger charge is 2.39. The predicted molar refractivity (Wildman–Crippen MR) is 74.8 cm³/mol. The second kappa shape index (κ2) is 6.75. The molecule has 2 fully saturated rings. The average molecular weight is 298 g/mol. The van der Waals surface area contributed by atoms with Gasteiger partial charge in [-0.25, -0.2) is 9.59 Å². The number of carboxylic acid groups (broad SMARTS) is 1. The van der Waals surface area contributed by atoms with E-state index in [9.17, 15) is 19.5 Å². The van der Waals surface area contributed by atoms with Crippen molar-refractivity contribution in [3.63, 3.8) is 0 Å². The predicted octanol–water partition coefficient (Wildman–Crippen LogP) is -1.08. The molecule has 3 amide bonds. The Morgan fingerprint density at radius 3 is 2.52 bits per heavy atom. The van der Waals surface area contributed by atoms with Gasteiger partial charge in [-0.3, -0.25) is 4.79 Å². The first-order valence-electron chi connectivity index (χ1n) is 7.26. The topological polar surface area (TPSA) is 102 Å². The van der Waals surface area contributed by atoms with Gasteiger partial charge in [0.25, 0.3) is 0 Å². The molecule has 8 heteroatoms. The fourth-order valence-electron chi connectivity index (χ4n) is 2.83. The zero-order chi connectivity index (χ0) is 15.4. The molecule has 0 radical (unpaired) electrons. The van der Waals surface area contributed by atoms with Crippen LogP contribution in [0.5, 0.6) is 0 Å². The standard InChI is InChI=1S/C13H22N4O4/c1-9-2-5-17(11(9)12(19)20)13(21)15-8-10(18)16-6-3-14-4-7-16/h9,11,14H,2-8H2,1H3,(H,15,21)(H,19,20). The summed E-state index contributed by atoms with van der Waals surface area (Å²) in [6.07, 6.45) is 0.663. The van der Waals surface area contributed by atoms with Gasteiger partial charge >= 0.3 is 12.0 Å². The van der Waals surface area contributed by atoms with Crippen LogP contribution in [-0.2, 0) is 9.59 Å². The number of nitrogens with one attached hydrogen (secondary N) is 2. The number of carbonyl (C=O) groups excluding carboxylic acids is 2. The third-order valence-electron chi connectivity index (χ3n) is 4.07. The lowest BCUT2D eigenvalue weighted by Crippen LogP contribution is -2.52. The van der Waals surface area contributed by atoms with Crippen LogP contribution in [0.1, 0.15) is 13.3 Å². The quantitative estimate of drug-likeness (QED) is 0.615. The molecule has 0 aromatic rings. The van der Waals surface area contributed by atoms with Crippen molar-refractivity contribution in [3.05, 3.63) is 0 Å². The van der Waals surface area contributed by atoms with E-state index in [0.717, 1.165) is 13.1 Å². The largest absolute Gasteiger partial charge is 0.480 e. The fourth-order valence-corrected chi connectivity index (χ4v) is 2.83. The number of aliphatic carboxylic acids is 1. The van der Waals surface area contributed by atoms with Crippen LogP contribution < -0.4 is 10.6 Å². The van der Waals surface area contributed by atoms with Crippen LogP contribution in [-0.4, -0.2) is 78.1 Å². The smallest absolute Gasteiger partial charge is 0.326 e. The van der Waals surface area contributed by atoms with Crippen LogP contribution in [0.2, 0.25) is 0 Å². The van der Waals surface area contributed by atoms with Crippen LogP contribution in [0.4, 0.5) is 4.79 Å². The number of nitrogens with zero attached hydrogens (tertiary/aromatic N) is 2. The van der Waals surface area contributed by atoms with E-state index in [1.165, 1.54) is 4.90 Å². The van der Waals surface area contributed by atoms with E-state index in [4.69, 9.17) is 0 Å². The molecule has 2 rings (SSSR count). The molecule has 2 aliphatic heterocycles. The van der Waals surface area contributed by atoms with Gasteiger partial charge in [-0.1, -0.05) is 6.92 Å². The summed E-state index contributed by atoms with van der Waals surface area (Å²) in [7, 11) is 0. The molecule has 2 unspecified atom stereocenters. The number of urea groups is 1. The third kappa shape index (κ3) is 3.63. The van der Waals surface area contributed by atoms with Crippen molar-refractivity contribution in [3.8, 4) is 0 Å². The molecule has 8 nitrogen and oxygen atoms in total. The molecule has 2 heterocycles. The van der Waals surface area contributed by atoms with Crippen molar-refractivity contribution in [2.24, 2.45) is 5.92 Å². The van der Waals surface area contributed by atoms with E-state index >= 15 is 0 Å². The van der Waals surface area contributed by atoms with Crippen LogP contribution in [0.25, 0.3) is 0 Å². The Bertz CT molecular complexity index is 422. The number of carboxylic acids is 1. The van der Waals surface area contributed by atoms with Gasteiger partial charge in [-0.2, -0.15) is 0 Å². The lowest BCUT2D eigenvalue weighted by molar-refractivity contribution is -0.142. The van der Waals surface area contributed by atoms with Crippen molar-refractivity contribution in [2.75, 3.05) is 39.3 Å². The first kappa shape index (κ1) is 15.6. The molecule has 0 spiro atoms. The van der Waals surface area contributed by atoms with Gasteiger partial charge in [-0.15, -0.1) is 0 Å². The van der Waals surface area contributed by atoms with E-state index < -0.39 is 18.0 Å². The van der Waals surface area contributed by atoms with Crippen molar-refractivity contribution >= 4 is 17.9 Å². The van der Waals surface area contributed by atoms with Crippen molar-refractivity contribution in [1.29, 1.82) is 0 Å². The van der Waals surface area contributed by atoms with Crippen molar-refractivity contribution < 1.29 is 19.5 Å². The van der Waals surface area contributed by atoms with Crippen molar-refractivity contribution in [1.82, 2.24) is 20.4 Å². The molecule has 3 N–H and O–H groups in total. The maximum absolute atomic E-state index is 12.1. The maximum Gasteiger partial charge on any atom is 0.326 e. The van der Waals surface area contributed by atoms with Gasteiger partial charge in [0, 0.05) is 32.7 Å². The molecule has 2 atom stereocenters. The Labute approximate surface area is 123 Å². The number of amides is 3. The molecule has 21 heavy (non-hydrogen) atoms. The Hall–Kier alpha value is -1.83. The molecule has 0 aromatic heterocycles. The molecule has 0 bridgehead atoms. The minimum absolute atomic E-state index is 0.0721. The molecule has 118 valence electrons. The molecule has 2 aliphatic rings. The van der Waals surface area contributed by atoms with E-state index in [1.807, 2.05) is 6.92 Å². The van der Waals surface area contributed by atoms with E-state index in [-0.39, 0.29) is 18.4 Å². The van der Waals surface area contributed by atoms with Crippen molar-refractivity contribution in [2.45, 2.75) is 19.4 Å². The normalized spacial score (nSPS) is 25.8. The lowest BCUT2D eigenvalue weighted by atomic mass is 10.0. The van der Waals surface area contributed by atoms with Crippen LogP contribution in [0.15, 0.2) is 0 Å². The Balaban J connectivity index is 1.83. The van der Waals surface area contributed by atoms with Gasteiger partial charge < -0.3 is 25.5 Å². The molecule has 2 saturated heterocycles. The summed E-state index contributed by atoms with van der Waals surface area (Å²) in [5.41, 5.74) is 0. The Morgan fingerprint density at radius 1 is 1.24 bits per heavy atom. The third-order valence-corrected chi connectivity index (χ3v) is 4.07. The number of likely N-dealkylation sites (tertiary alicyclic amines) is 1. The van der Waals surface area contributed by atoms with E-state index in [1.54, 1.807) is 4.90 Å². The molecule has 0 aliphatic carbocycles. The summed E-state index contributed by atoms with van der Waals surface area (Å²) in [4.78, 5) is 38.2. The number of hydrogen-bond donors (Lipinski definition) is 3. The molecular weight excluding hydrogens is 276 g/mol. The summed E-state index contributed by atoms with van der Waals surface area (Å²) in [6, 6.07) is -1.28. The average Bonchev–Trinajstić information content (AvgIpc) is 2.87. The van der Waals surface area contributed by atoms with Crippen LogP contribution >= 0.6 is 0 Å². The highest BCUT2D eigenvalue weighted by molar-refractivity contribution is 5.87. The van der Waals surface area contributed by atoms with E-state index in [2.05, 4.69) is 10.6 Å². The highest BCUT2D eigenvalue weighted by Crippen LogP contribution is 2.23. The molecular formula is C13H22N4O4. The fraction of sp³-hybridized carbons (Fsp3) is 0.769. The molecule has 0 saturated carbocycles. The number of hydrogen-bond acceptors (Lipinski definition) is 4. The van der Waals surface area contributed by atoms with Gasteiger partial charge in [-0.05, 0) is 12.3 Å². The SMILES string of the molecule is CC1CCN(C(=O)NCC(=O)N2CCNCC2)C1C(=O)O. The first-order chi connectivity index (χ1) is 10.0. The number of carbonyl (C=O) groups is 3. The van der Waals surface area contributed by atoms with Gasteiger partial charge in [0.1, 0.15) is 6.04 Å². The van der Waals surface area contributed by atoms with Gasteiger partial charge in [0.05, 0.1) is 6.54 Å². The highest BCUT2D eigenvalue weighted by atomic mass is 16.4. The summed E-state index contributed by atoms with van der Waals surface area (Å²) >= 11 is 0. The van der Waals surface area contributed by atoms with E-state index in [0.29, 0.717) is 26.1 Å². The first-order valence-corrected chi connectivity index (χ1v) is 7.26. The zero-order valence-corrected chi connectivity index (χ0v) is 12.2. The summed E-state index contributed by atoms with van der Waals surface area (Å²) in [6.45, 7) is 4.91. The summed E-state index contributed by atoms with van der Waals surface area (Å²) in [5, 5.41) is 14.9.